The maximum atomic E-state index is 13.5. The van der Waals surface area contributed by atoms with Gasteiger partial charge in [0.1, 0.15) is 5.75 Å². The highest BCUT2D eigenvalue weighted by atomic mass is 32.2. The summed E-state index contributed by atoms with van der Waals surface area (Å²) in [5, 5.41) is 9.94. The molecule has 1 aromatic heterocycles. The van der Waals surface area contributed by atoms with Crippen molar-refractivity contribution in [2.24, 2.45) is 29.6 Å². The number of carboxylic acids is 1. The normalized spacial score (nSPS) is 31.7. The zero-order chi connectivity index (χ0) is 28.4. The molecule has 2 saturated heterocycles. The number of nitrogens with one attached hydrogen (secondary N) is 1. The first-order valence-corrected chi connectivity index (χ1v) is 15.6. The number of hydrogen-bond donors (Lipinski definition) is 2. The Bertz CT molecular complexity index is 1480. The number of likely N-dealkylation sites (tertiary alicyclic amines) is 1. The van der Waals surface area contributed by atoms with E-state index in [-0.39, 0.29) is 71.1 Å². The van der Waals surface area contributed by atoms with Crippen molar-refractivity contribution in [2.75, 3.05) is 39.5 Å². The molecule has 13 heteroatoms. The van der Waals surface area contributed by atoms with E-state index in [4.69, 9.17) is 14.6 Å². The van der Waals surface area contributed by atoms with Gasteiger partial charge in [-0.15, -0.1) is 11.8 Å². The number of hydrogen-bond acceptors (Lipinski definition) is 9. The lowest BCUT2D eigenvalue weighted by Crippen LogP contribution is -2.43. The van der Waals surface area contributed by atoms with Crippen LogP contribution in [0, 0.1) is 29.6 Å². The summed E-state index contributed by atoms with van der Waals surface area (Å²) in [5.41, 5.74) is 0.859. The van der Waals surface area contributed by atoms with Crippen LogP contribution in [0.1, 0.15) is 29.2 Å². The van der Waals surface area contributed by atoms with Crippen LogP contribution in [0.25, 0.3) is 0 Å². The minimum Gasteiger partial charge on any atom is -0.483 e. The van der Waals surface area contributed by atoms with E-state index in [1.165, 1.54) is 0 Å². The van der Waals surface area contributed by atoms with Crippen molar-refractivity contribution in [3.05, 3.63) is 44.4 Å². The van der Waals surface area contributed by atoms with Gasteiger partial charge in [0.15, 0.2) is 6.61 Å². The first-order valence-electron chi connectivity index (χ1n) is 13.9. The monoisotopic (exact) mass is 599 g/mol. The van der Waals surface area contributed by atoms with Crippen molar-refractivity contribution >= 4 is 46.8 Å². The van der Waals surface area contributed by atoms with Gasteiger partial charge >= 0.3 is 10.8 Å². The Morgan fingerprint density at radius 3 is 2.56 bits per heavy atom. The Morgan fingerprint density at radius 1 is 1.07 bits per heavy atom. The second kappa shape index (κ2) is 10.3. The van der Waals surface area contributed by atoms with Crippen LogP contribution >= 0.6 is 23.1 Å². The minimum atomic E-state index is -1.05. The van der Waals surface area contributed by atoms with E-state index in [1.807, 2.05) is 24.3 Å². The van der Waals surface area contributed by atoms with E-state index in [9.17, 15) is 24.0 Å². The van der Waals surface area contributed by atoms with Crippen molar-refractivity contribution in [3.8, 4) is 5.75 Å². The van der Waals surface area contributed by atoms with Gasteiger partial charge in [0.05, 0.1) is 36.5 Å². The molecule has 3 amide bonds. The van der Waals surface area contributed by atoms with Crippen LogP contribution in [0.15, 0.2) is 34.1 Å². The fourth-order valence-electron chi connectivity index (χ4n) is 7.77. The van der Waals surface area contributed by atoms with Crippen molar-refractivity contribution in [3.63, 3.8) is 0 Å². The summed E-state index contributed by atoms with van der Waals surface area (Å²) in [5.74, 6) is -2.51. The van der Waals surface area contributed by atoms with Gasteiger partial charge in [-0.25, -0.2) is 0 Å². The lowest BCUT2D eigenvalue weighted by atomic mass is 9.68. The van der Waals surface area contributed by atoms with E-state index < -0.39 is 17.8 Å². The van der Waals surface area contributed by atoms with Gasteiger partial charge < -0.3 is 24.5 Å². The molecule has 216 valence electrons. The molecular formula is C28H29N3O8S2. The number of H-pyrrole nitrogens is 1. The van der Waals surface area contributed by atoms with E-state index >= 15 is 0 Å². The highest BCUT2D eigenvalue weighted by Gasteiger charge is 2.69. The largest absolute Gasteiger partial charge is 0.483 e. The number of thiazole rings is 1. The van der Waals surface area contributed by atoms with Gasteiger partial charge in [-0.1, -0.05) is 29.5 Å². The van der Waals surface area contributed by atoms with Gasteiger partial charge in [0.25, 0.3) is 5.91 Å². The van der Waals surface area contributed by atoms with Gasteiger partial charge in [-0.3, -0.25) is 28.9 Å². The summed E-state index contributed by atoms with van der Waals surface area (Å²) in [4.78, 5) is 70.1. The number of aromatic amines is 1. The van der Waals surface area contributed by atoms with Gasteiger partial charge in [-0.05, 0) is 30.2 Å². The molecule has 6 unspecified atom stereocenters. The number of ether oxygens (including phenoxy) is 2. The van der Waals surface area contributed by atoms with Crippen molar-refractivity contribution < 1.29 is 33.8 Å². The molecule has 2 aromatic rings. The van der Waals surface area contributed by atoms with Gasteiger partial charge in [0, 0.05) is 41.2 Å². The SMILES string of the molecule is O=C(O)CCN1C(=O)C2C3CC(C2C1=O)C1C3Sc2[nH]c(=O)sc2[C@@H]1c1ccccc1OCC(=O)N1CCOCC1. The molecule has 5 aliphatic rings. The van der Waals surface area contributed by atoms with Crippen molar-refractivity contribution in [1.82, 2.24) is 14.8 Å². The average Bonchev–Trinajstić information content (AvgIpc) is 3.70. The smallest absolute Gasteiger partial charge is 0.305 e. The van der Waals surface area contributed by atoms with Crippen molar-refractivity contribution in [1.29, 1.82) is 0 Å². The molecule has 0 radical (unpaired) electrons. The summed E-state index contributed by atoms with van der Waals surface area (Å²) in [6.07, 6.45) is 0.457. The number of para-hydroxylation sites is 1. The summed E-state index contributed by atoms with van der Waals surface area (Å²) < 4.78 is 11.5. The number of aliphatic carboxylic acids is 1. The molecule has 3 aliphatic heterocycles. The molecule has 4 fully saturated rings. The molecule has 7 rings (SSSR count). The van der Waals surface area contributed by atoms with Crippen LogP contribution in [0.4, 0.5) is 0 Å². The second-order valence-corrected chi connectivity index (χ2v) is 13.5. The lowest BCUT2D eigenvalue weighted by Gasteiger charge is -2.43. The number of carbonyl (C=O) groups is 4. The predicted molar refractivity (Wildman–Crippen MR) is 147 cm³/mol. The van der Waals surface area contributed by atoms with Gasteiger partial charge in [-0.2, -0.15) is 0 Å². The highest BCUT2D eigenvalue weighted by Crippen LogP contribution is 2.69. The van der Waals surface area contributed by atoms with Crippen LogP contribution in [-0.2, 0) is 23.9 Å². The van der Waals surface area contributed by atoms with Crippen LogP contribution in [0.2, 0.25) is 0 Å². The number of carboxylic acid groups (broad SMARTS) is 1. The quantitative estimate of drug-likeness (QED) is 0.454. The molecule has 1 aromatic carbocycles. The van der Waals surface area contributed by atoms with Crippen LogP contribution in [0.3, 0.4) is 0 Å². The fourth-order valence-corrected chi connectivity index (χ4v) is 10.6. The first kappa shape index (κ1) is 26.7. The third-order valence-corrected chi connectivity index (χ3v) is 11.9. The van der Waals surface area contributed by atoms with Gasteiger partial charge in [0.2, 0.25) is 11.8 Å². The number of aromatic nitrogens is 1. The number of carbonyl (C=O) groups excluding carboxylic acids is 3. The Hall–Kier alpha value is -3.16. The Morgan fingerprint density at radius 2 is 1.80 bits per heavy atom. The molecule has 2 N–H and O–H groups in total. The van der Waals surface area contributed by atoms with Crippen LogP contribution in [0.5, 0.6) is 5.75 Å². The number of rotatable bonds is 7. The molecule has 2 saturated carbocycles. The summed E-state index contributed by atoms with van der Waals surface area (Å²) in [6.45, 7) is 1.82. The summed E-state index contributed by atoms with van der Waals surface area (Å²) in [6, 6.07) is 7.56. The Balaban J connectivity index is 1.22. The van der Waals surface area contributed by atoms with Crippen LogP contribution < -0.4 is 9.61 Å². The molecular weight excluding hydrogens is 570 g/mol. The third-order valence-electron chi connectivity index (χ3n) is 9.33. The van der Waals surface area contributed by atoms with Crippen LogP contribution in [-0.4, -0.2) is 88.3 Å². The zero-order valence-electron chi connectivity index (χ0n) is 22.0. The first-order chi connectivity index (χ1) is 19.8. The molecule has 2 bridgehead atoms. The number of morpholine rings is 1. The molecule has 41 heavy (non-hydrogen) atoms. The zero-order valence-corrected chi connectivity index (χ0v) is 23.7. The molecule has 4 heterocycles. The highest BCUT2D eigenvalue weighted by molar-refractivity contribution is 8.00. The molecule has 2 aliphatic carbocycles. The fraction of sp³-hybridized carbons (Fsp3) is 0.536. The van der Waals surface area contributed by atoms with E-state index in [0.717, 1.165) is 38.1 Å². The number of amides is 3. The maximum Gasteiger partial charge on any atom is 0.305 e. The second-order valence-electron chi connectivity index (χ2n) is 11.3. The number of benzene rings is 1. The van der Waals surface area contributed by atoms with E-state index in [0.29, 0.717) is 32.1 Å². The van der Waals surface area contributed by atoms with E-state index in [2.05, 4.69) is 4.98 Å². The standard InChI is InChI=1S/C28H29N3O8S2/c32-17(30-7-9-38-10-8-30)12-39-16-4-2-1-3-13(16)19-20-14-11-15(23(20)40-25-24(19)41-28(37)29-25)22-21(14)26(35)31(27(22)36)6-5-18(33)34/h1-4,14-15,19-23H,5-12H2,(H,29,37)(H,33,34)/t14?,15?,19-,20?,21?,22?,23?/m1/s1. The summed E-state index contributed by atoms with van der Waals surface area (Å²) >= 11 is 2.75. The average molecular weight is 600 g/mol. The third kappa shape index (κ3) is 4.31. The Kier molecular flexibility index (Phi) is 6.70. The number of nitrogens with zero attached hydrogens (tertiary/aromatic N) is 2. The topological polar surface area (TPSA) is 146 Å². The molecule has 7 atom stereocenters. The maximum absolute atomic E-state index is 13.5. The molecule has 0 spiro atoms. The Labute approximate surface area is 243 Å². The summed E-state index contributed by atoms with van der Waals surface area (Å²) in [7, 11) is 0. The van der Waals surface area contributed by atoms with Crippen molar-refractivity contribution in [2.45, 2.75) is 29.0 Å². The molecule has 11 nitrogen and oxygen atoms in total. The number of thioether (sulfide) groups is 1. The number of imide groups is 1. The lowest BCUT2D eigenvalue weighted by molar-refractivity contribution is -0.143. The predicted octanol–water partition coefficient (Wildman–Crippen LogP) is 1.62. The number of fused-ring (bicyclic) bond motifs is 9. The van der Waals surface area contributed by atoms with E-state index in [1.54, 1.807) is 16.7 Å². The minimum absolute atomic E-state index is 0.00297.